The van der Waals surface area contributed by atoms with Crippen molar-refractivity contribution in [2.45, 2.75) is 6.18 Å². The lowest BCUT2D eigenvalue weighted by molar-refractivity contribution is -0.137. The molecule has 102 valence electrons. The number of hydrogen-bond acceptors (Lipinski definition) is 4. The van der Waals surface area contributed by atoms with Gasteiger partial charge in [-0.3, -0.25) is 9.36 Å². The van der Waals surface area contributed by atoms with Crippen LogP contribution in [-0.2, 0) is 6.18 Å². The molecule has 2 heterocycles. The third-order valence-electron chi connectivity index (χ3n) is 2.78. The first-order valence-corrected chi connectivity index (χ1v) is 6.25. The third kappa shape index (κ3) is 2.07. The predicted octanol–water partition coefficient (Wildman–Crippen LogP) is 2.86. The van der Waals surface area contributed by atoms with Gasteiger partial charge in [0.1, 0.15) is 10.2 Å². The SMILES string of the molecule is O=c1c2snnc2ccn1-c1ccc(C(F)(F)F)cc1. The van der Waals surface area contributed by atoms with Crippen LogP contribution >= 0.6 is 11.5 Å². The second-order valence-corrected chi connectivity index (χ2v) is 4.78. The third-order valence-corrected chi connectivity index (χ3v) is 3.51. The van der Waals surface area contributed by atoms with Gasteiger partial charge in [0, 0.05) is 11.9 Å². The zero-order valence-electron chi connectivity index (χ0n) is 9.76. The fourth-order valence-corrected chi connectivity index (χ4v) is 2.38. The minimum atomic E-state index is -4.39. The predicted molar refractivity (Wildman–Crippen MR) is 68.0 cm³/mol. The molecule has 0 amide bonds. The average molecular weight is 297 g/mol. The zero-order chi connectivity index (χ0) is 14.3. The smallest absolute Gasteiger partial charge is 0.283 e. The summed E-state index contributed by atoms with van der Waals surface area (Å²) in [6.07, 6.45) is -2.93. The fraction of sp³-hybridized carbons (Fsp3) is 0.0833. The van der Waals surface area contributed by atoms with E-state index < -0.39 is 11.7 Å². The minimum Gasteiger partial charge on any atom is -0.283 e. The molecule has 0 bridgehead atoms. The number of rotatable bonds is 1. The summed E-state index contributed by atoms with van der Waals surface area (Å²) in [6, 6.07) is 5.99. The van der Waals surface area contributed by atoms with Crippen molar-refractivity contribution >= 4 is 21.7 Å². The lowest BCUT2D eigenvalue weighted by Gasteiger charge is -2.09. The molecule has 2 aromatic heterocycles. The Kier molecular flexibility index (Phi) is 2.82. The maximum absolute atomic E-state index is 12.5. The lowest BCUT2D eigenvalue weighted by atomic mass is 10.2. The molecule has 0 unspecified atom stereocenters. The largest absolute Gasteiger partial charge is 0.416 e. The Balaban J connectivity index is 2.11. The zero-order valence-corrected chi connectivity index (χ0v) is 10.6. The summed E-state index contributed by atoms with van der Waals surface area (Å²) in [5.74, 6) is 0. The van der Waals surface area contributed by atoms with Crippen LogP contribution < -0.4 is 5.56 Å². The van der Waals surface area contributed by atoms with Gasteiger partial charge in [0.25, 0.3) is 5.56 Å². The molecule has 0 aliphatic carbocycles. The summed E-state index contributed by atoms with van der Waals surface area (Å²) in [4.78, 5) is 12.1. The van der Waals surface area contributed by atoms with Gasteiger partial charge in [0.15, 0.2) is 0 Å². The van der Waals surface area contributed by atoms with E-state index in [4.69, 9.17) is 0 Å². The van der Waals surface area contributed by atoms with Crippen molar-refractivity contribution in [1.82, 2.24) is 14.2 Å². The van der Waals surface area contributed by atoms with Crippen LogP contribution in [0, 0.1) is 0 Å². The number of pyridine rings is 1. The summed E-state index contributed by atoms with van der Waals surface area (Å²) >= 11 is 0.956. The molecule has 8 heteroatoms. The quantitative estimate of drug-likeness (QED) is 0.694. The Morgan fingerprint density at radius 1 is 1.10 bits per heavy atom. The summed E-state index contributed by atoms with van der Waals surface area (Å²) < 4.78 is 42.8. The van der Waals surface area contributed by atoms with Crippen LogP contribution in [0.25, 0.3) is 15.9 Å². The molecule has 0 atom stereocenters. The van der Waals surface area contributed by atoms with Gasteiger partial charge in [0.2, 0.25) is 0 Å². The Morgan fingerprint density at radius 3 is 2.45 bits per heavy atom. The topological polar surface area (TPSA) is 47.8 Å². The van der Waals surface area contributed by atoms with Crippen LogP contribution in [-0.4, -0.2) is 14.2 Å². The molecule has 0 radical (unpaired) electrons. The number of aromatic nitrogens is 3. The van der Waals surface area contributed by atoms with Crippen LogP contribution in [0.4, 0.5) is 13.2 Å². The molecule has 0 fully saturated rings. The van der Waals surface area contributed by atoms with Crippen molar-refractivity contribution in [3.63, 3.8) is 0 Å². The standard InChI is InChI=1S/C12H6F3N3OS/c13-12(14,15)7-1-3-8(4-2-7)18-6-5-9-10(11(18)19)20-17-16-9/h1-6H. The van der Waals surface area contributed by atoms with Gasteiger partial charge in [-0.2, -0.15) is 13.2 Å². The van der Waals surface area contributed by atoms with E-state index in [0.717, 1.165) is 23.7 Å². The molecule has 0 spiro atoms. The highest BCUT2D eigenvalue weighted by Crippen LogP contribution is 2.29. The summed E-state index contributed by atoms with van der Waals surface area (Å²) in [7, 11) is 0. The Labute approximate surface area is 114 Å². The Morgan fingerprint density at radius 2 is 1.80 bits per heavy atom. The first-order chi connectivity index (χ1) is 9.47. The summed E-state index contributed by atoms with van der Waals surface area (Å²) in [5.41, 5.74) is -0.270. The molecule has 20 heavy (non-hydrogen) atoms. The highest BCUT2D eigenvalue weighted by atomic mass is 32.1. The van der Waals surface area contributed by atoms with Crippen LogP contribution in [0.5, 0.6) is 0 Å². The number of hydrogen-bond donors (Lipinski definition) is 0. The molecular formula is C12H6F3N3OS. The van der Waals surface area contributed by atoms with E-state index in [1.807, 2.05) is 0 Å². The number of fused-ring (bicyclic) bond motifs is 1. The summed E-state index contributed by atoms with van der Waals surface area (Å²) in [6.45, 7) is 0. The maximum Gasteiger partial charge on any atom is 0.416 e. The fourth-order valence-electron chi connectivity index (χ4n) is 1.79. The number of alkyl halides is 3. The van der Waals surface area contributed by atoms with Gasteiger partial charge in [-0.15, -0.1) is 5.10 Å². The second kappa shape index (κ2) is 4.41. The molecular weight excluding hydrogens is 291 g/mol. The normalized spacial score (nSPS) is 11.9. The Hall–Kier alpha value is -2.22. The molecule has 0 aliphatic rings. The first kappa shape index (κ1) is 12.8. The average Bonchev–Trinajstić information content (AvgIpc) is 2.88. The van der Waals surface area contributed by atoms with Gasteiger partial charge >= 0.3 is 6.18 Å². The molecule has 1 aromatic carbocycles. The van der Waals surface area contributed by atoms with Crippen LogP contribution in [0.3, 0.4) is 0 Å². The summed E-state index contributed by atoms with van der Waals surface area (Å²) in [5, 5.41) is 3.77. The van der Waals surface area contributed by atoms with Crippen molar-refractivity contribution in [2.24, 2.45) is 0 Å². The van der Waals surface area contributed by atoms with Crippen molar-refractivity contribution in [1.29, 1.82) is 0 Å². The van der Waals surface area contributed by atoms with Crippen molar-refractivity contribution in [3.05, 3.63) is 52.4 Å². The number of benzene rings is 1. The van der Waals surface area contributed by atoms with Crippen LogP contribution in [0.2, 0.25) is 0 Å². The van der Waals surface area contributed by atoms with Crippen LogP contribution in [0.15, 0.2) is 41.3 Å². The molecule has 0 saturated carbocycles. The molecule has 3 rings (SSSR count). The van der Waals surface area contributed by atoms with E-state index in [2.05, 4.69) is 9.59 Å². The van der Waals surface area contributed by atoms with Gasteiger partial charge in [0.05, 0.1) is 5.56 Å². The van der Waals surface area contributed by atoms with E-state index in [9.17, 15) is 18.0 Å². The highest BCUT2D eigenvalue weighted by Gasteiger charge is 2.30. The van der Waals surface area contributed by atoms with Crippen molar-refractivity contribution in [2.75, 3.05) is 0 Å². The molecule has 0 aliphatic heterocycles. The van der Waals surface area contributed by atoms with E-state index in [0.29, 0.717) is 15.9 Å². The highest BCUT2D eigenvalue weighted by molar-refractivity contribution is 7.12. The monoisotopic (exact) mass is 297 g/mol. The molecule has 0 N–H and O–H groups in total. The van der Waals surface area contributed by atoms with Gasteiger partial charge in [-0.05, 0) is 41.9 Å². The van der Waals surface area contributed by atoms with Crippen molar-refractivity contribution < 1.29 is 13.2 Å². The van der Waals surface area contributed by atoms with E-state index in [1.54, 1.807) is 6.07 Å². The van der Waals surface area contributed by atoms with E-state index in [1.165, 1.54) is 22.9 Å². The Bertz CT molecular complexity index is 820. The minimum absolute atomic E-state index is 0.350. The molecule has 4 nitrogen and oxygen atoms in total. The van der Waals surface area contributed by atoms with E-state index in [-0.39, 0.29) is 5.56 Å². The van der Waals surface area contributed by atoms with Crippen LogP contribution in [0.1, 0.15) is 5.56 Å². The second-order valence-electron chi connectivity index (χ2n) is 4.02. The van der Waals surface area contributed by atoms with Gasteiger partial charge < -0.3 is 0 Å². The first-order valence-electron chi connectivity index (χ1n) is 5.48. The molecule has 0 saturated heterocycles. The van der Waals surface area contributed by atoms with E-state index >= 15 is 0 Å². The number of nitrogens with zero attached hydrogens (tertiary/aromatic N) is 3. The van der Waals surface area contributed by atoms with Gasteiger partial charge in [-0.25, -0.2) is 0 Å². The van der Waals surface area contributed by atoms with Gasteiger partial charge in [-0.1, -0.05) is 4.49 Å². The van der Waals surface area contributed by atoms with Crippen molar-refractivity contribution in [3.8, 4) is 5.69 Å². The molecule has 3 aromatic rings. The number of halogens is 3. The lowest BCUT2D eigenvalue weighted by Crippen LogP contribution is -2.16. The maximum atomic E-state index is 12.5.